The quantitative estimate of drug-likeness (QED) is 0.184. The smallest absolute Gasteiger partial charge is 0.240 e. The SMILES string of the molecule is CC(=O)C(C(=O)c1ccc(OC(C)(C)C)cc1N=C=O)=C1SC=CS1. The second-order valence-electron chi connectivity index (χ2n) is 6.15. The van der Waals surface area contributed by atoms with Crippen molar-refractivity contribution in [3.05, 3.63) is 44.4 Å². The molecule has 0 amide bonds. The lowest BCUT2D eigenvalue weighted by molar-refractivity contribution is -0.113. The lowest BCUT2D eigenvalue weighted by Gasteiger charge is -2.21. The van der Waals surface area contributed by atoms with Crippen molar-refractivity contribution in [2.75, 3.05) is 0 Å². The average Bonchev–Trinajstić information content (AvgIpc) is 2.99. The van der Waals surface area contributed by atoms with E-state index in [1.165, 1.54) is 48.7 Å². The number of ketones is 2. The van der Waals surface area contributed by atoms with Crippen LogP contribution >= 0.6 is 23.5 Å². The Morgan fingerprint density at radius 2 is 1.80 bits per heavy atom. The molecule has 1 aliphatic heterocycles. The highest BCUT2D eigenvalue weighted by Crippen LogP contribution is 2.41. The van der Waals surface area contributed by atoms with E-state index in [1.54, 1.807) is 16.9 Å². The van der Waals surface area contributed by atoms with Gasteiger partial charge < -0.3 is 4.74 Å². The summed E-state index contributed by atoms with van der Waals surface area (Å²) in [5.74, 6) is -0.330. The number of thioether (sulfide) groups is 2. The molecule has 130 valence electrons. The van der Waals surface area contributed by atoms with Gasteiger partial charge in [-0.25, -0.2) is 4.79 Å². The lowest BCUT2D eigenvalue weighted by Crippen LogP contribution is -2.23. The third-order valence-corrected chi connectivity index (χ3v) is 5.12. The molecule has 2 rings (SSSR count). The van der Waals surface area contributed by atoms with Gasteiger partial charge in [-0.2, -0.15) is 4.99 Å². The normalized spacial score (nSPS) is 13.4. The number of allylic oxidation sites excluding steroid dienone is 1. The van der Waals surface area contributed by atoms with E-state index in [-0.39, 0.29) is 22.6 Å². The van der Waals surface area contributed by atoms with E-state index in [4.69, 9.17) is 4.74 Å². The maximum atomic E-state index is 12.9. The number of Topliss-reactive ketones (excluding diaryl/α,β-unsaturated/α-hetero) is 2. The Bertz CT molecular complexity index is 818. The van der Waals surface area contributed by atoms with Crippen LogP contribution in [-0.2, 0) is 9.59 Å². The molecule has 0 radical (unpaired) electrons. The Morgan fingerprint density at radius 3 is 2.32 bits per heavy atom. The monoisotopic (exact) mass is 375 g/mol. The summed E-state index contributed by atoms with van der Waals surface area (Å²) in [4.78, 5) is 39.3. The van der Waals surface area contributed by atoms with E-state index < -0.39 is 11.4 Å². The van der Waals surface area contributed by atoms with E-state index in [0.717, 1.165) is 0 Å². The third kappa shape index (κ3) is 4.95. The fraction of sp³-hybridized carbons (Fsp3) is 0.278. The molecule has 0 atom stereocenters. The molecular weight excluding hydrogens is 358 g/mol. The number of nitrogens with zero attached hydrogens (tertiary/aromatic N) is 1. The van der Waals surface area contributed by atoms with Gasteiger partial charge in [0.1, 0.15) is 11.4 Å². The van der Waals surface area contributed by atoms with Gasteiger partial charge in [-0.1, -0.05) is 23.5 Å². The van der Waals surface area contributed by atoms with Crippen LogP contribution in [0.25, 0.3) is 0 Å². The highest BCUT2D eigenvalue weighted by molar-refractivity contribution is 8.27. The van der Waals surface area contributed by atoms with Gasteiger partial charge in [0.25, 0.3) is 0 Å². The number of hydrogen-bond acceptors (Lipinski definition) is 7. The van der Waals surface area contributed by atoms with Crippen molar-refractivity contribution in [2.45, 2.75) is 33.3 Å². The Labute approximate surface area is 154 Å². The predicted octanol–water partition coefficient (Wildman–Crippen LogP) is 4.77. The zero-order valence-corrected chi connectivity index (χ0v) is 15.9. The number of carbonyl (C=O) groups excluding carboxylic acids is 3. The first-order chi connectivity index (χ1) is 11.7. The summed E-state index contributed by atoms with van der Waals surface area (Å²) in [7, 11) is 0. The van der Waals surface area contributed by atoms with E-state index in [0.29, 0.717) is 9.99 Å². The lowest BCUT2D eigenvalue weighted by atomic mass is 10.00. The van der Waals surface area contributed by atoms with Gasteiger partial charge in [-0.15, -0.1) is 0 Å². The Kier molecular flexibility index (Phi) is 6.06. The fourth-order valence-electron chi connectivity index (χ4n) is 2.12. The van der Waals surface area contributed by atoms with Gasteiger partial charge in [0.2, 0.25) is 6.08 Å². The second-order valence-corrected chi connectivity index (χ2v) is 8.24. The Hall–Kier alpha value is -2.08. The summed E-state index contributed by atoms with van der Waals surface area (Å²) in [5, 5.41) is 3.61. The van der Waals surface area contributed by atoms with Crippen LogP contribution in [0.2, 0.25) is 0 Å². The number of carbonyl (C=O) groups is 2. The fourth-order valence-corrected chi connectivity index (χ4v) is 4.07. The molecule has 7 heteroatoms. The molecule has 25 heavy (non-hydrogen) atoms. The van der Waals surface area contributed by atoms with Crippen molar-refractivity contribution in [1.29, 1.82) is 0 Å². The molecule has 1 heterocycles. The molecule has 0 unspecified atom stereocenters. The van der Waals surface area contributed by atoms with Crippen molar-refractivity contribution in [3.8, 4) is 5.75 Å². The number of hydrogen-bond donors (Lipinski definition) is 0. The van der Waals surface area contributed by atoms with E-state index in [1.807, 2.05) is 20.8 Å². The number of rotatable bonds is 5. The van der Waals surface area contributed by atoms with Crippen molar-refractivity contribution in [2.24, 2.45) is 4.99 Å². The van der Waals surface area contributed by atoms with Crippen LogP contribution in [-0.4, -0.2) is 23.2 Å². The molecule has 0 N–H and O–H groups in total. The minimum Gasteiger partial charge on any atom is -0.488 e. The van der Waals surface area contributed by atoms with Crippen LogP contribution < -0.4 is 4.74 Å². The summed E-state index contributed by atoms with van der Waals surface area (Å²) in [6.07, 6.45) is 1.45. The molecule has 0 saturated heterocycles. The first-order valence-electron chi connectivity index (χ1n) is 7.42. The van der Waals surface area contributed by atoms with Crippen LogP contribution in [0.5, 0.6) is 5.75 Å². The van der Waals surface area contributed by atoms with Gasteiger partial charge in [0, 0.05) is 11.6 Å². The topological polar surface area (TPSA) is 72.8 Å². The Balaban J connectivity index is 2.50. The molecule has 1 aromatic rings. The number of benzene rings is 1. The third-order valence-electron chi connectivity index (χ3n) is 2.99. The van der Waals surface area contributed by atoms with E-state index in [9.17, 15) is 14.4 Å². The molecule has 0 fully saturated rings. The summed E-state index contributed by atoms with van der Waals surface area (Å²) < 4.78 is 6.35. The van der Waals surface area contributed by atoms with Crippen molar-refractivity contribution in [3.63, 3.8) is 0 Å². The van der Waals surface area contributed by atoms with Crippen molar-refractivity contribution < 1.29 is 19.1 Å². The van der Waals surface area contributed by atoms with Crippen molar-refractivity contribution in [1.82, 2.24) is 0 Å². The van der Waals surface area contributed by atoms with Crippen LogP contribution in [0.15, 0.2) is 43.8 Å². The predicted molar refractivity (Wildman–Crippen MR) is 101 cm³/mol. The van der Waals surface area contributed by atoms with Crippen LogP contribution in [0.3, 0.4) is 0 Å². The highest BCUT2D eigenvalue weighted by Gasteiger charge is 2.25. The number of isocyanates is 1. The highest BCUT2D eigenvalue weighted by atomic mass is 32.2. The molecule has 5 nitrogen and oxygen atoms in total. The minimum atomic E-state index is -0.470. The molecule has 0 spiro atoms. The Morgan fingerprint density at radius 1 is 1.16 bits per heavy atom. The van der Waals surface area contributed by atoms with Crippen LogP contribution in [0.1, 0.15) is 38.1 Å². The second kappa shape index (κ2) is 7.87. The molecule has 0 aromatic heterocycles. The molecule has 1 aliphatic rings. The summed E-state index contributed by atoms with van der Waals surface area (Å²) in [5.41, 5.74) is -0.0625. The summed E-state index contributed by atoms with van der Waals surface area (Å²) in [6.45, 7) is 7.00. The van der Waals surface area contributed by atoms with E-state index in [2.05, 4.69) is 4.99 Å². The zero-order valence-electron chi connectivity index (χ0n) is 14.3. The largest absolute Gasteiger partial charge is 0.488 e. The van der Waals surface area contributed by atoms with Crippen LogP contribution in [0, 0.1) is 0 Å². The summed E-state index contributed by atoms with van der Waals surface area (Å²) in [6, 6.07) is 4.64. The van der Waals surface area contributed by atoms with Gasteiger partial charge in [0.15, 0.2) is 11.6 Å². The molecule has 0 saturated carbocycles. The van der Waals surface area contributed by atoms with Crippen molar-refractivity contribution >= 4 is 46.9 Å². The standard InChI is InChI=1S/C18H17NO4S2/c1-11(21)15(17-24-7-8-25-17)16(22)13-6-5-12(23-18(2,3)4)9-14(13)19-10-20/h5-9H,1-4H3. The molecule has 0 bridgehead atoms. The maximum Gasteiger partial charge on any atom is 0.240 e. The molecular formula is C18H17NO4S2. The first-order valence-corrected chi connectivity index (χ1v) is 9.18. The van der Waals surface area contributed by atoms with E-state index >= 15 is 0 Å². The summed E-state index contributed by atoms with van der Waals surface area (Å²) >= 11 is 2.64. The number of aliphatic imine (C=N–C) groups is 1. The van der Waals surface area contributed by atoms with Gasteiger partial charge >= 0.3 is 0 Å². The van der Waals surface area contributed by atoms with Gasteiger partial charge in [-0.3, -0.25) is 9.59 Å². The molecule has 1 aromatic carbocycles. The molecule has 0 aliphatic carbocycles. The van der Waals surface area contributed by atoms with Crippen LogP contribution in [0.4, 0.5) is 5.69 Å². The maximum absolute atomic E-state index is 12.9. The van der Waals surface area contributed by atoms with Gasteiger partial charge in [-0.05, 0) is 50.6 Å². The minimum absolute atomic E-state index is 0.0897. The van der Waals surface area contributed by atoms with Gasteiger partial charge in [0.05, 0.1) is 15.5 Å². The zero-order chi connectivity index (χ0) is 18.6. The number of ether oxygens (including phenoxy) is 1. The average molecular weight is 375 g/mol. The first kappa shape index (κ1) is 19.2.